The minimum Gasteiger partial charge on any atom is -0.344 e. The number of sulfonamides is 1. The third-order valence-corrected chi connectivity index (χ3v) is 10.5. The van der Waals surface area contributed by atoms with Gasteiger partial charge >= 0.3 is 30.7 Å². The SMILES string of the molecule is O=C1CN(c2ccc(CC(c3nc4ccc(C(F)(F)F)cc4[nH]3)N(OC(=O)C(F)(F)F)S(=O)(=O)c3cc(C(F)(F)F)cc(C(F)(F)F)c3)cc2)S(O)(O)N1. The van der Waals surface area contributed by atoms with Gasteiger partial charge in [0.25, 0.3) is 15.9 Å². The molecule has 1 amide bonds. The van der Waals surface area contributed by atoms with Gasteiger partial charge in [0.05, 0.1) is 38.3 Å². The number of anilines is 1. The highest BCUT2D eigenvalue weighted by Gasteiger charge is 2.48. The van der Waals surface area contributed by atoms with E-state index in [1.165, 1.54) is 0 Å². The van der Waals surface area contributed by atoms with Gasteiger partial charge in [0.2, 0.25) is 0 Å². The van der Waals surface area contributed by atoms with Crippen LogP contribution >= 0.6 is 11.0 Å². The summed E-state index contributed by atoms with van der Waals surface area (Å²) in [6, 6.07) is 2.08. The maximum atomic E-state index is 13.9. The van der Waals surface area contributed by atoms with Crippen LogP contribution in [-0.4, -0.2) is 56.6 Å². The third kappa shape index (κ3) is 8.45. The maximum Gasteiger partial charge on any atom is 0.492 e. The lowest BCUT2D eigenvalue weighted by Crippen LogP contribution is -2.42. The second-order valence-electron chi connectivity index (χ2n) is 11.2. The highest BCUT2D eigenvalue weighted by molar-refractivity contribution is 8.24. The number of fused-ring (bicyclic) bond motifs is 1. The quantitative estimate of drug-likeness (QED) is 0.107. The Labute approximate surface area is 294 Å². The van der Waals surface area contributed by atoms with Gasteiger partial charge in [0.15, 0.2) is 0 Å². The highest BCUT2D eigenvalue weighted by atomic mass is 32.3. The van der Waals surface area contributed by atoms with Crippen molar-refractivity contribution in [2.45, 2.75) is 42.1 Å². The molecule has 26 heteroatoms. The number of aromatic amines is 1. The Morgan fingerprint density at radius 2 is 1.41 bits per heavy atom. The van der Waals surface area contributed by atoms with E-state index in [0.29, 0.717) is 12.1 Å². The Morgan fingerprint density at radius 3 is 1.89 bits per heavy atom. The van der Waals surface area contributed by atoms with Crippen LogP contribution in [0.5, 0.6) is 0 Å². The monoisotopic (exact) mass is 829 g/mol. The Kier molecular flexibility index (Phi) is 10.1. The molecule has 0 aliphatic carbocycles. The average Bonchev–Trinajstić information content (AvgIpc) is 3.59. The number of hydroxylamine groups is 1. The number of hydrogen-bond acceptors (Lipinski definition) is 9. The number of benzene rings is 3. The number of alkyl halides is 12. The molecule has 1 fully saturated rings. The summed E-state index contributed by atoms with van der Waals surface area (Å²) in [7, 11) is -10.2. The predicted molar refractivity (Wildman–Crippen MR) is 160 cm³/mol. The fraction of sp³-hybridized carbons (Fsp3) is 0.250. The maximum absolute atomic E-state index is 13.9. The Balaban J connectivity index is 1.72. The molecule has 4 aromatic rings. The van der Waals surface area contributed by atoms with Crippen molar-refractivity contribution in [1.82, 2.24) is 19.2 Å². The summed E-state index contributed by atoms with van der Waals surface area (Å²) in [6.07, 6.45) is -23.4. The van der Waals surface area contributed by atoms with Crippen molar-refractivity contribution in [3.63, 3.8) is 0 Å². The number of hydrogen-bond donors (Lipinski definition) is 4. The number of carbonyl (C=O) groups is 2. The molecule has 3 aromatic carbocycles. The zero-order valence-electron chi connectivity index (χ0n) is 25.9. The second kappa shape index (κ2) is 13.5. The first-order valence-corrected chi connectivity index (χ1v) is 17.2. The molecule has 1 atom stereocenters. The predicted octanol–water partition coefficient (Wildman–Crippen LogP) is 7.13. The normalized spacial score (nSPS) is 16.8. The van der Waals surface area contributed by atoms with Gasteiger partial charge in [-0.15, -0.1) is 0 Å². The molecule has 5 rings (SSSR count). The highest BCUT2D eigenvalue weighted by Crippen LogP contribution is 2.46. The fourth-order valence-corrected chi connectivity index (χ4v) is 7.58. The van der Waals surface area contributed by atoms with E-state index >= 15 is 0 Å². The van der Waals surface area contributed by atoms with E-state index in [1.807, 2.05) is 4.72 Å². The van der Waals surface area contributed by atoms with Crippen LogP contribution in [0, 0.1) is 0 Å². The topological polar surface area (TPSA) is 165 Å². The summed E-state index contributed by atoms with van der Waals surface area (Å²) < 4.78 is 213. The first-order chi connectivity index (χ1) is 24.6. The lowest BCUT2D eigenvalue weighted by Gasteiger charge is -2.36. The number of imidazole rings is 1. The molecule has 0 bridgehead atoms. The van der Waals surface area contributed by atoms with Crippen LogP contribution in [0.2, 0.25) is 0 Å². The van der Waals surface area contributed by atoms with Gasteiger partial charge in [-0.2, -0.15) is 52.7 Å². The fourth-order valence-electron chi connectivity index (χ4n) is 4.95. The van der Waals surface area contributed by atoms with Crippen molar-refractivity contribution in [3.8, 4) is 0 Å². The molecule has 1 saturated heterocycles. The number of amides is 1. The van der Waals surface area contributed by atoms with E-state index in [1.54, 1.807) is 0 Å². The number of H-pyrrole nitrogens is 1. The lowest BCUT2D eigenvalue weighted by molar-refractivity contribution is -0.227. The summed E-state index contributed by atoms with van der Waals surface area (Å²) in [4.78, 5) is 32.1. The zero-order valence-corrected chi connectivity index (χ0v) is 27.5. The van der Waals surface area contributed by atoms with E-state index in [9.17, 15) is 79.8 Å². The molecule has 1 unspecified atom stereocenters. The average molecular weight is 830 g/mol. The number of rotatable bonds is 8. The van der Waals surface area contributed by atoms with Gasteiger partial charge in [0, 0.05) is 0 Å². The van der Waals surface area contributed by atoms with E-state index in [2.05, 4.69) is 14.8 Å². The lowest BCUT2D eigenvalue weighted by atomic mass is 10.1. The second-order valence-corrected chi connectivity index (χ2v) is 14.7. The first kappa shape index (κ1) is 40.4. The Morgan fingerprint density at radius 1 is 0.852 bits per heavy atom. The number of halogens is 12. The van der Waals surface area contributed by atoms with Gasteiger partial charge < -0.3 is 9.82 Å². The smallest absolute Gasteiger partial charge is 0.344 e. The Hall–Kier alpha value is -4.79. The molecule has 1 aromatic heterocycles. The molecule has 0 spiro atoms. The minimum absolute atomic E-state index is 0.0892. The number of carbonyl (C=O) groups excluding carboxylic acids is 2. The molecular weight excluding hydrogens is 810 g/mol. The largest absolute Gasteiger partial charge is 0.492 e. The summed E-state index contributed by atoms with van der Waals surface area (Å²) >= 11 is 0. The summed E-state index contributed by atoms with van der Waals surface area (Å²) in [5.74, 6) is -5.09. The van der Waals surface area contributed by atoms with Gasteiger partial charge in [-0.3, -0.25) is 13.9 Å². The van der Waals surface area contributed by atoms with Gasteiger partial charge in [-0.1, -0.05) is 12.1 Å². The third-order valence-electron chi connectivity index (χ3n) is 7.40. The molecule has 2 heterocycles. The van der Waals surface area contributed by atoms with Crippen LogP contribution < -0.4 is 9.03 Å². The van der Waals surface area contributed by atoms with Crippen LogP contribution in [-0.2, 0) is 49.4 Å². The van der Waals surface area contributed by atoms with E-state index in [-0.39, 0.29) is 23.4 Å². The van der Waals surface area contributed by atoms with Crippen LogP contribution in [0.3, 0.4) is 0 Å². The van der Waals surface area contributed by atoms with Gasteiger partial charge in [-0.25, -0.2) is 27.2 Å². The van der Waals surface area contributed by atoms with Crippen molar-refractivity contribution < 1.29 is 84.6 Å². The van der Waals surface area contributed by atoms with Gasteiger partial charge in [-0.05, 0) is 75.9 Å². The van der Waals surface area contributed by atoms with Crippen molar-refractivity contribution in [3.05, 3.63) is 88.7 Å². The van der Waals surface area contributed by atoms with Crippen molar-refractivity contribution in [1.29, 1.82) is 0 Å². The number of nitrogens with zero attached hydrogens (tertiary/aromatic N) is 3. The molecular formula is C28H19F12N5O7S2. The summed E-state index contributed by atoms with van der Waals surface area (Å²) in [5, 5.41) is 0. The molecule has 1 aliphatic rings. The molecule has 0 radical (unpaired) electrons. The molecule has 12 nitrogen and oxygen atoms in total. The van der Waals surface area contributed by atoms with Crippen molar-refractivity contribution in [2.75, 3.05) is 10.8 Å². The Bertz CT molecular complexity index is 2170. The molecule has 294 valence electrons. The van der Waals surface area contributed by atoms with Crippen LogP contribution in [0.4, 0.5) is 58.4 Å². The van der Waals surface area contributed by atoms with Gasteiger partial charge in [0.1, 0.15) is 18.4 Å². The molecule has 0 saturated carbocycles. The summed E-state index contributed by atoms with van der Waals surface area (Å²) in [6.45, 7) is -0.584. The number of nitrogens with one attached hydrogen (secondary N) is 2. The van der Waals surface area contributed by atoms with Crippen molar-refractivity contribution >= 4 is 49.6 Å². The van der Waals surface area contributed by atoms with Crippen LogP contribution in [0.15, 0.2) is 65.6 Å². The standard InChI is InChI=1S/C28H19F12N5O7S2/c29-25(30,31)14-3-6-19-20(11-14)42-23(41-19)21(7-13-1-4-17(5-2-13)44-12-22(46)43-54(44,50)51)45(52-24(47)28(38,39)40)53(48,49)18-9-15(26(32,33)34)8-16(10-18)27(35,36)37/h1-6,8-11,21,50-51H,7,12H2,(H,41,42)(H,43,46). The van der Waals surface area contributed by atoms with E-state index in [4.69, 9.17) is 0 Å². The van der Waals surface area contributed by atoms with Crippen LogP contribution in [0.25, 0.3) is 11.0 Å². The first-order valence-electron chi connectivity index (χ1n) is 14.2. The number of aromatic nitrogens is 2. The minimum atomic E-state index is -6.27. The van der Waals surface area contributed by atoms with E-state index < -0.39 is 126 Å². The molecule has 54 heavy (non-hydrogen) atoms. The zero-order chi connectivity index (χ0) is 40.4. The van der Waals surface area contributed by atoms with E-state index in [0.717, 1.165) is 34.6 Å². The van der Waals surface area contributed by atoms with Crippen LogP contribution in [0.1, 0.15) is 34.1 Å². The summed E-state index contributed by atoms with van der Waals surface area (Å²) in [5.41, 5.74) is -7.03. The molecule has 4 N–H and O–H groups in total. The van der Waals surface area contributed by atoms with Crippen molar-refractivity contribution in [2.24, 2.45) is 0 Å². The molecule has 1 aliphatic heterocycles.